The Morgan fingerprint density at radius 1 is 0.872 bits per heavy atom. The van der Waals surface area contributed by atoms with E-state index >= 15 is 0 Å². The molecule has 3 rings (SSSR count). The van der Waals surface area contributed by atoms with Crippen molar-refractivity contribution in [3.05, 3.63) is 104 Å². The van der Waals surface area contributed by atoms with Crippen molar-refractivity contribution in [3.8, 4) is 0 Å². The van der Waals surface area contributed by atoms with Gasteiger partial charge in [-0.15, -0.1) is 4.73 Å². The third-order valence-corrected chi connectivity index (χ3v) is 7.90. The van der Waals surface area contributed by atoms with Gasteiger partial charge in [-0.05, 0) is 31.9 Å². The van der Waals surface area contributed by atoms with Gasteiger partial charge in [0.1, 0.15) is 6.10 Å². The van der Waals surface area contributed by atoms with E-state index in [1.807, 2.05) is 60.7 Å². The molecule has 10 nitrogen and oxygen atoms in total. The SMILES string of the molecule is CCOP(=O)(CC[C@@H](On1cc(C)c(=O)[nH]c1=O)[C@H](COCc1ccccc1)OCc1ccccc1)OCC. The Labute approximate surface area is 228 Å². The van der Waals surface area contributed by atoms with E-state index in [2.05, 4.69) is 4.98 Å². The Bertz CT molecular complexity index is 1290. The number of rotatable bonds is 17. The van der Waals surface area contributed by atoms with Crippen LogP contribution in [0.3, 0.4) is 0 Å². The van der Waals surface area contributed by atoms with Crippen LogP contribution in [-0.2, 0) is 36.3 Å². The maximum atomic E-state index is 13.2. The topological polar surface area (TPSA) is 118 Å². The summed E-state index contributed by atoms with van der Waals surface area (Å²) in [7, 11) is -3.42. The van der Waals surface area contributed by atoms with E-state index in [1.54, 1.807) is 20.8 Å². The van der Waals surface area contributed by atoms with Gasteiger partial charge in [0.25, 0.3) is 5.56 Å². The van der Waals surface area contributed by atoms with Gasteiger partial charge >= 0.3 is 13.3 Å². The van der Waals surface area contributed by atoms with Crippen molar-refractivity contribution in [3.63, 3.8) is 0 Å². The number of nitrogens with zero attached hydrogens (tertiary/aromatic N) is 1. The minimum absolute atomic E-state index is 0.0281. The second kappa shape index (κ2) is 15.5. The summed E-state index contributed by atoms with van der Waals surface area (Å²) in [6.45, 7) is 6.21. The molecule has 0 aliphatic heterocycles. The third-order valence-electron chi connectivity index (χ3n) is 5.79. The molecule has 0 aliphatic carbocycles. The van der Waals surface area contributed by atoms with Crippen LogP contribution < -0.4 is 16.1 Å². The molecule has 39 heavy (non-hydrogen) atoms. The molecule has 0 fully saturated rings. The summed E-state index contributed by atoms with van der Waals surface area (Å²) in [6.07, 6.45) is 0.0281. The Morgan fingerprint density at radius 3 is 2.05 bits per heavy atom. The molecule has 11 heteroatoms. The van der Waals surface area contributed by atoms with Crippen LogP contribution in [0.15, 0.2) is 76.4 Å². The number of hydrogen-bond acceptors (Lipinski definition) is 8. The largest absolute Gasteiger partial charge is 0.403 e. The molecular formula is C28H37N2O8P. The zero-order chi connectivity index (χ0) is 28.1. The van der Waals surface area contributed by atoms with Crippen molar-refractivity contribution in [2.24, 2.45) is 0 Å². The zero-order valence-electron chi connectivity index (χ0n) is 22.6. The Balaban J connectivity index is 1.87. The minimum Gasteiger partial charge on any atom is -0.403 e. The van der Waals surface area contributed by atoms with E-state index in [4.69, 9.17) is 23.4 Å². The van der Waals surface area contributed by atoms with Crippen LogP contribution in [0.1, 0.15) is 37.0 Å². The summed E-state index contributed by atoms with van der Waals surface area (Å²) in [6, 6.07) is 19.3. The lowest BCUT2D eigenvalue weighted by molar-refractivity contribution is -0.118. The van der Waals surface area contributed by atoms with Crippen molar-refractivity contribution in [2.45, 2.75) is 52.6 Å². The first-order valence-electron chi connectivity index (χ1n) is 13.0. The number of aromatic amines is 1. The summed E-state index contributed by atoms with van der Waals surface area (Å²) in [5.74, 6) is 0. The molecular weight excluding hydrogens is 523 g/mol. The second-order valence-corrected chi connectivity index (χ2v) is 11.0. The monoisotopic (exact) mass is 560 g/mol. The van der Waals surface area contributed by atoms with Gasteiger partial charge in [-0.3, -0.25) is 14.3 Å². The summed E-state index contributed by atoms with van der Waals surface area (Å²) in [5, 5.41) is 0. The lowest BCUT2D eigenvalue weighted by Crippen LogP contribution is -2.46. The number of aryl methyl sites for hydroxylation is 1. The highest BCUT2D eigenvalue weighted by Gasteiger charge is 2.32. The first kappa shape index (κ1) is 30.5. The van der Waals surface area contributed by atoms with Crippen LogP contribution >= 0.6 is 7.60 Å². The number of ether oxygens (including phenoxy) is 2. The second-order valence-electron chi connectivity index (χ2n) is 8.84. The molecule has 0 unspecified atom stereocenters. The molecule has 0 radical (unpaired) electrons. The van der Waals surface area contributed by atoms with E-state index in [9.17, 15) is 14.2 Å². The Hall–Kier alpha value is -3.01. The van der Waals surface area contributed by atoms with Gasteiger partial charge in [0.05, 0.1) is 45.4 Å². The maximum absolute atomic E-state index is 13.2. The van der Waals surface area contributed by atoms with Crippen LogP contribution in [0.5, 0.6) is 0 Å². The summed E-state index contributed by atoms with van der Waals surface area (Å²) >= 11 is 0. The molecule has 0 bridgehead atoms. The first-order valence-corrected chi connectivity index (χ1v) is 14.7. The van der Waals surface area contributed by atoms with E-state index < -0.39 is 31.1 Å². The van der Waals surface area contributed by atoms with Gasteiger partial charge in [0.15, 0.2) is 6.10 Å². The predicted octanol–water partition coefficient (Wildman–Crippen LogP) is 4.10. The predicted molar refractivity (Wildman–Crippen MR) is 148 cm³/mol. The molecule has 2 aromatic carbocycles. The molecule has 0 aliphatic rings. The number of aromatic nitrogens is 2. The number of hydrogen-bond donors (Lipinski definition) is 1. The maximum Gasteiger partial charge on any atom is 0.361 e. The molecule has 0 amide bonds. The van der Waals surface area contributed by atoms with Gasteiger partial charge in [-0.1, -0.05) is 60.7 Å². The number of benzene rings is 2. The number of nitrogens with one attached hydrogen (secondary N) is 1. The van der Waals surface area contributed by atoms with E-state index in [-0.39, 0.29) is 39.0 Å². The van der Waals surface area contributed by atoms with Crippen molar-refractivity contribution in [2.75, 3.05) is 26.0 Å². The molecule has 212 valence electrons. The fourth-order valence-electron chi connectivity index (χ4n) is 3.83. The summed E-state index contributed by atoms with van der Waals surface area (Å²) in [4.78, 5) is 32.8. The lowest BCUT2D eigenvalue weighted by Gasteiger charge is -2.29. The van der Waals surface area contributed by atoms with E-state index in [1.165, 1.54) is 6.20 Å². The van der Waals surface area contributed by atoms with Gasteiger partial charge in [0, 0.05) is 12.0 Å². The zero-order valence-corrected chi connectivity index (χ0v) is 23.5. The fourth-order valence-corrected chi connectivity index (χ4v) is 5.52. The van der Waals surface area contributed by atoms with E-state index in [0.29, 0.717) is 12.2 Å². The molecule has 3 aromatic rings. The highest BCUT2D eigenvalue weighted by molar-refractivity contribution is 7.53. The Morgan fingerprint density at radius 2 is 1.46 bits per heavy atom. The van der Waals surface area contributed by atoms with Crippen molar-refractivity contribution in [1.29, 1.82) is 0 Å². The van der Waals surface area contributed by atoms with Crippen molar-refractivity contribution in [1.82, 2.24) is 9.71 Å². The van der Waals surface area contributed by atoms with Gasteiger partial charge in [0.2, 0.25) is 0 Å². The van der Waals surface area contributed by atoms with Gasteiger partial charge < -0.3 is 23.4 Å². The normalized spacial score (nSPS) is 13.2. The molecule has 1 heterocycles. The van der Waals surface area contributed by atoms with Crippen LogP contribution in [-0.4, -0.2) is 47.9 Å². The summed E-state index contributed by atoms with van der Waals surface area (Å²) in [5.41, 5.74) is 0.985. The van der Waals surface area contributed by atoms with Gasteiger partial charge in [-0.2, -0.15) is 0 Å². The highest BCUT2D eigenvalue weighted by Crippen LogP contribution is 2.48. The molecule has 1 N–H and O–H groups in total. The van der Waals surface area contributed by atoms with Crippen LogP contribution in [0.4, 0.5) is 0 Å². The standard InChI is InChI=1S/C28H37N2O8P/c1-4-36-39(33,37-5-2)17-16-25(38-30-18-22(3)27(31)29-28(30)32)26(35-20-24-14-10-7-11-15-24)21-34-19-23-12-8-6-9-13-23/h6-15,18,25-26H,4-5,16-17,19-21H2,1-3H3,(H,29,31,32)/t25-,26+/m1/s1. The highest BCUT2D eigenvalue weighted by atomic mass is 31.2. The van der Waals surface area contributed by atoms with Crippen molar-refractivity contribution >= 4 is 7.60 Å². The smallest absolute Gasteiger partial charge is 0.361 e. The van der Waals surface area contributed by atoms with Crippen LogP contribution in [0.2, 0.25) is 0 Å². The minimum atomic E-state index is -3.42. The van der Waals surface area contributed by atoms with Crippen molar-refractivity contribution < 1.29 is 27.9 Å². The Kier molecular flexibility index (Phi) is 12.2. The molecule has 1 aromatic heterocycles. The molecule has 2 atom stereocenters. The first-order chi connectivity index (χ1) is 18.8. The van der Waals surface area contributed by atoms with E-state index in [0.717, 1.165) is 15.9 Å². The fraction of sp³-hybridized carbons (Fsp3) is 0.429. The molecule has 0 spiro atoms. The lowest BCUT2D eigenvalue weighted by atomic mass is 10.1. The third kappa shape index (κ3) is 9.91. The molecule has 0 saturated carbocycles. The van der Waals surface area contributed by atoms with Crippen LogP contribution in [0.25, 0.3) is 0 Å². The molecule has 0 saturated heterocycles. The average molecular weight is 561 g/mol. The quantitative estimate of drug-likeness (QED) is 0.245. The number of H-pyrrole nitrogens is 1. The average Bonchev–Trinajstić information content (AvgIpc) is 2.93. The summed E-state index contributed by atoms with van der Waals surface area (Å²) < 4.78 is 37.4. The van der Waals surface area contributed by atoms with Gasteiger partial charge in [-0.25, -0.2) is 4.79 Å². The van der Waals surface area contributed by atoms with Crippen LogP contribution in [0, 0.1) is 6.92 Å².